The summed E-state index contributed by atoms with van der Waals surface area (Å²) in [7, 11) is 0. The van der Waals surface area contributed by atoms with E-state index in [9.17, 15) is 4.39 Å². The second-order valence-corrected chi connectivity index (χ2v) is 5.03. The highest BCUT2D eigenvalue weighted by molar-refractivity contribution is 5.23. The van der Waals surface area contributed by atoms with Gasteiger partial charge in [0.15, 0.2) is 5.82 Å². The fourth-order valence-electron chi connectivity index (χ4n) is 2.47. The van der Waals surface area contributed by atoms with Crippen molar-refractivity contribution in [2.45, 2.75) is 38.3 Å². The number of nitrogens with zero attached hydrogens (tertiary/aromatic N) is 2. The van der Waals surface area contributed by atoms with Gasteiger partial charge in [0.2, 0.25) is 5.89 Å². The number of nitrogens with one attached hydrogen (secondary N) is 1. The lowest BCUT2D eigenvalue weighted by atomic mass is 9.76. The van der Waals surface area contributed by atoms with Gasteiger partial charge in [-0.25, -0.2) is 4.39 Å². The SMILES string of the molecule is Cc1nc(CNC2CC(c3cccc(F)c3)C2)no1. The Morgan fingerprint density at radius 1 is 1.42 bits per heavy atom. The number of hydrogen-bond donors (Lipinski definition) is 1. The molecule has 0 atom stereocenters. The van der Waals surface area contributed by atoms with Crippen LogP contribution in [0.2, 0.25) is 0 Å². The zero-order valence-electron chi connectivity index (χ0n) is 10.8. The Kier molecular flexibility index (Phi) is 3.29. The molecule has 0 saturated heterocycles. The van der Waals surface area contributed by atoms with Gasteiger partial charge in [-0.2, -0.15) is 4.98 Å². The predicted octanol–water partition coefficient (Wildman–Crippen LogP) is 2.55. The molecule has 0 unspecified atom stereocenters. The summed E-state index contributed by atoms with van der Waals surface area (Å²) in [6.45, 7) is 2.40. The molecule has 0 aliphatic heterocycles. The van der Waals surface area contributed by atoms with E-state index in [1.807, 2.05) is 6.07 Å². The summed E-state index contributed by atoms with van der Waals surface area (Å²) in [6.07, 6.45) is 2.06. The molecule has 1 aromatic carbocycles. The fraction of sp³-hybridized carbons (Fsp3) is 0.429. The Bertz CT molecular complexity index is 563. The van der Waals surface area contributed by atoms with Crippen molar-refractivity contribution < 1.29 is 8.91 Å². The molecule has 0 amide bonds. The van der Waals surface area contributed by atoms with E-state index in [1.54, 1.807) is 19.1 Å². The third-order valence-corrected chi connectivity index (χ3v) is 3.58. The Balaban J connectivity index is 1.48. The second kappa shape index (κ2) is 5.09. The monoisotopic (exact) mass is 261 g/mol. The zero-order valence-corrected chi connectivity index (χ0v) is 10.8. The molecule has 1 aliphatic carbocycles. The highest BCUT2D eigenvalue weighted by Crippen LogP contribution is 2.37. The van der Waals surface area contributed by atoms with Gasteiger partial charge in [0, 0.05) is 13.0 Å². The van der Waals surface area contributed by atoms with Crippen LogP contribution in [0.1, 0.15) is 36.0 Å². The lowest BCUT2D eigenvalue weighted by Gasteiger charge is -2.36. The number of hydrogen-bond acceptors (Lipinski definition) is 4. The van der Waals surface area contributed by atoms with Crippen LogP contribution in [0.3, 0.4) is 0 Å². The van der Waals surface area contributed by atoms with E-state index in [0.717, 1.165) is 18.4 Å². The molecule has 3 rings (SSSR count). The van der Waals surface area contributed by atoms with Gasteiger partial charge in [0.1, 0.15) is 5.82 Å². The molecule has 0 radical (unpaired) electrons. The first-order chi connectivity index (χ1) is 9.20. The van der Waals surface area contributed by atoms with Crippen LogP contribution in [-0.4, -0.2) is 16.2 Å². The van der Waals surface area contributed by atoms with Gasteiger partial charge in [0.05, 0.1) is 6.54 Å². The van der Waals surface area contributed by atoms with E-state index < -0.39 is 0 Å². The number of aryl methyl sites for hydroxylation is 1. The van der Waals surface area contributed by atoms with Crippen molar-refractivity contribution in [2.24, 2.45) is 0 Å². The van der Waals surface area contributed by atoms with Gasteiger partial charge >= 0.3 is 0 Å². The molecule has 100 valence electrons. The van der Waals surface area contributed by atoms with E-state index in [0.29, 0.717) is 30.2 Å². The molecule has 19 heavy (non-hydrogen) atoms. The number of halogens is 1. The van der Waals surface area contributed by atoms with Crippen LogP contribution in [0, 0.1) is 12.7 Å². The topological polar surface area (TPSA) is 51.0 Å². The van der Waals surface area contributed by atoms with Gasteiger partial charge in [0.25, 0.3) is 0 Å². The van der Waals surface area contributed by atoms with Crippen LogP contribution in [0.4, 0.5) is 4.39 Å². The molecule has 0 spiro atoms. The summed E-state index contributed by atoms with van der Waals surface area (Å²) in [5.41, 5.74) is 1.09. The molecule has 1 aliphatic rings. The van der Waals surface area contributed by atoms with Crippen molar-refractivity contribution in [2.75, 3.05) is 0 Å². The minimum absolute atomic E-state index is 0.156. The first-order valence-electron chi connectivity index (χ1n) is 6.49. The summed E-state index contributed by atoms with van der Waals surface area (Å²) >= 11 is 0. The van der Waals surface area contributed by atoms with Crippen molar-refractivity contribution >= 4 is 0 Å². The Labute approximate surface area is 111 Å². The van der Waals surface area contributed by atoms with Crippen molar-refractivity contribution in [3.05, 3.63) is 47.4 Å². The predicted molar refractivity (Wildman–Crippen MR) is 68.0 cm³/mol. The van der Waals surface area contributed by atoms with Crippen LogP contribution in [0.25, 0.3) is 0 Å². The molecule has 2 aromatic rings. The van der Waals surface area contributed by atoms with Crippen molar-refractivity contribution in [1.29, 1.82) is 0 Å². The van der Waals surface area contributed by atoms with Crippen LogP contribution in [0.15, 0.2) is 28.8 Å². The standard InChI is InChI=1S/C14H16FN3O/c1-9-17-14(18-19-9)8-16-13-6-11(7-13)10-3-2-4-12(15)5-10/h2-5,11,13,16H,6-8H2,1H3. The molecule has 4 nitrogen and oxygen atoms in total. The Morgan fingerprint density at radius 3 is 2.95 bits per heavy atom. The molecule has 1 fully saturated rings. The zero-order chi connectivity index (χ0) is 13.2. The van der Waals surface area contributed by atoms with Crippen LogP contribution in [0.5, 0.6) is 0 Å². The first-order valence-corrected chi connectivity index (χ1v) is 6.49. The maximum Gasteiger partial charge on any atom is 0.223 e. The van der Waals surface area contributed by atoms with Gasteiger partial charge in [-0.1, -0.05) is 17.3 Å². The van der Waals surface area contributed by atoms with Crippen molar-refractivity contribution in [1.82, 2.24) is 15.5 Å². The molecule has 1 N–H and O–H groups in total. The van der Waals surface area contributed by atoms with E-state index >= 15 is 0 Å². The van der Waals surface area contributed by atoms with Gasteiger partial charge in [-0.15, -0.1) is 0 Å². The fourth-order valence-corrected chi connectivity index (χ4v) is 2.47. The summed E-state index contributed by atoms with van der Waals surface area (Å²) < 4.78 is 18.0. The largest absolute Gasteiger partial charge is 0.340 e. The highest BCUT2D eigenvalue weighted by atomic mass is 19.1. The number of benzene rings is 1. The molecular weight excluding hydrogens is 245 g/mol. The second-order valence-electron chi connectivity index (χ2n) is 5.03. The summed E-state index contributed by atoms with van der Waals surface area (Å²) in [5.74, 6) is 1.58. The van der Waals surface area contributed by atoms with Crippen LogP contribution in [-0.2, 0) is 6.54 Å². The van der Waals surface area contributed by atoms with E-state index in [2.05, 4.69) is 15.5 Å². The first kappa shape index (κ1) is 12.3. The lowest BCUT2D eigenvalue weighted by molar-refractivity contribution is 0.285. The van der Waals surface area contributed by atoms with Crippen molar-refractivity contribution in [3.8, 4) is 0 Å². The van der Waals surface area contributed by atoms with E-state index in [-0.39, 0.29) is 5.82 Å². The molecule has 0 bridgehead atoms. The molecule has 1 heterocycles. The smallest absolute Gasteiger partial charge is 0.223 e. The maximum absolute atomic E-state index is 13.1. The van der Waals surface area contributed by atoms with Crippen LogP contribution < -0.4 is 5.32 Å². The third-order valence-electron chi connectivity index (χ3n) is 3.58. The Hall–Kier alpha value is -1.75. The van der Waals surface area contributed by atoms with E-state index in [1.165, 1.54) is 6.07 Å². The third kappa shape index (κ3) is 2.81. The van der Waals surface area contributed by atoms with Gasteiger partial charge in [-0.05, 0) is 36.5 Å². The average Bonchev–Trinajstić information content (AvgIpc) is 2.73. The van der Waals surface area contributed by atoms with E-state index in [4.69, 9.17) is 4.52 Å². The molecule has 5 heteroatoms. The van der Waals surface area contributed by atoms with Crippen molar-refractivity contribution in [3.63, 3.8) is 0 Å². The number of aromatic nitrogens is 2. The minimum atomic E-state index is -0.156. The summed E-state index contributed by atoms with van der Waals surface area (Å²) in [5, 5.41) is 7.22. The van der Waals surface area contributed by atoms with Crippen LogP contribution >= 0.6 is 0 Å². The Morgan fingerprint density at radius 2 is 2.26 bits per heavy atom. The average molecular weight is 261 g/mol. The summed E-state index contributed by atoms with van der Waals surface area (Å²) in [4.78, 5) is 4.14. The quantitative estimate of drug-likeness (QED) is 0.919. The highest BCUT2D eigenvalue weighted by Gasteiger charge is 2.30. The summed E-state index contributed by atoms with van der Waals surface area (Å²) in [6, 6.07) is 7.33. The van der Waals surface area contributed by atoms with Gasteiger partial charge < -0.3 is 9.84 Å². The van der Waals surface area contributed by atoms with Gasteiger partial charge in [-0.3, -0.25) is 0 Å². The number of rotatable bonds is 4. The molecular formula is C14H16FN3O. The normalized spacial score (nSPS) is 22.2. The molecule has 1 saturated carbocycles. The molecule has 1 aromatic heterocycles. The maximum atomic E-state index is 13.1. The lowest BCUT2D eigenvalue weighted by Crippen LogP contribution is -2.39. The minimum Gasteiger partial charge on any atom is -0.340 e.